The van der Waals surface area contributed by atoms with Gasteiger partial charge in [-0.3, -0.25) is 9.59 Å². The third-order valence-corrected chi connectivity index (χ3v) is 16.6. The van der Waals surface area contributed by atoms with Gasteiger partial charge in [0.25, 0.3) is 0 Å². The van der Waals surface area contributed by atoms with Crippen LogP contribution in [0.1, 0.15) is 386 Å². The molecule has 6 heteroatoms. The van der Waals surface area contributed by atoms with E-state index in [1.54, 1.807) is 6.08 Å². The van der Waals surface area contributed by atoms with E-state index in [2.05, 4.69) is 55.6 Å². The molecule has 2 unspecified atom stereocenters. The van der Waals surface area contributed by atoms with Crippen LogP contribution in [0.2, 0.25) is 0 Å². The number of hydrogen-bond acceptors (Lipinski definition) is 5. The molecule has 80 heavy (non-hydrogen) atoms. The molecule has 0 saturated heterocycles. The summed E-state index contributed by atoms with van der Waals surface area (Å²) >= 11 is 0. The molecule has 0 aliphatic rings. The van der Waals surface area contributed by atoms with Gasteiger partial charge >= 0.3 is 5.97 Å². The number of aliphatic hydroxyl groups excluding tert-OH is 2. The summed E-state index contributed by atoms with van der Waals surface area (Å²) in [4.78, 5) is 24.5. The number of allylic oxidation sites excluding steroid dienone is 7. The van der Waals surface area contributed by atoms with E-state index in [9.17, 15) is 19.8 Å². The number of nitrogens with one attached hydrogen (secondary N) is 1. The maximum Gasteiger partial charge on any atom is 0.305 e. The van der Waals surface area contributed by atoms with Gasteiger partial charge in [0.2, 0.25) is 5.91 Å². The van der Waals surface area contributed by atoms with E-state index in [4.69, 9.17) is 4.74 Å². The van der Waals surface area contributed by atoms with Gasteiger partial charge in [0.1, 0.15) is 0 Å². The topological polar surface area (TPSA) is 95.9 Å². The molecule has 0 saturated carbocycles. The van der Waals surface area contributed by atoms with Crippen LogP contribution in [0.25, 0.3) is 0 Å². The van der Waals surface area contributed by atoms with E-state index in [0.29, 0.717) is 19.4 Å². The van der Waals surface area contributed by atoms with Crippen LogP contribution in [-0.4, -0.2) is 47.4 Å². The first kappa shape index (κ1) is 77.8. The molecular formula is C74H139NO5. The van der Waals surface area contributed by atoms with E-state index in [1.165, 1.54) is 308 Å². The first-order valence-corrected chi connectivity index (χ1v) is 35.9. The highest BCUT2D eigenvalue weighted by Gasteiger charge is 2.18. The minimum Gasteiger partial charge on any atom is -0.466 e. The van der Waals surface area contributed by atoms with Gasteiger partial charge in [0.15, 0.2) is 0 Å². The summed E-state index contributed by atoms with van der Waals surface area (Å²) in [5.74, 6) is -0.0602. The number of carbonyl (C=O) groups excluding carboxylic acids is 2. The van der Waals surface area contributed by atoms with E-state index in [-0.39, 0.29) is 18.5 Å². The Kier molecular flexibility index (Phi) is 67.4. The number of rotatable bonds is 67. The van der Waals surface area contributed by atoms with Crippen molar-refractivity contribution in [1.82, 2.24) is 5.32 Å². The van der Waals surface area contributed by atoms with Crippen molar-refractivity contribution in [2.24, 2.45) is 0 Å². The molecule has 3 N–H and O–H groups in total. The summed E-state index contributed by atoms with van der Waals surface area (Å²) in [5.41, 5.74) is 0. The zero-order valence-electron chi connectivity index (χ0n) is 53.8. The molecule has 0 aromatic carbocycles. The van der Waals surface area contributed by atoms with Crippen molar-refractivity contribution >= 4 is 11.9 Å². The van der Waals surface area contributed by atoms with Gasteiger partial charge in [-0.25, -0.2) is 0 Å². The maximum atomic E-state index is 12.5. The fourth-order valence-electron chi connectivity index (χ4n) is 11.1. The van der Waals surface area contributed by atoms with Crippen LogP contribution in [0.3, 0.4) is 0 Å². The lowest BCUT2D eigenvalue weighted by Gasteiger charge is -2.20. The third kappa shape index (κ3) is 65.0. The lowest BCUT2D eigenvalue weighted by atomic mass is 10.0. The Bertz CT molecular complexity index is 1340. The minimum atomic E-state index is -0.844. The number of aliphatic hydroxyl groups is 2. The third-order valence-electron chi connectivity index (χ3n) is 16.6. The highest BCUT2D eigenvalue weighted by Crippen LogP contribution is 2.18. The van der Waals surface area contributed by atoms with Crippen molar-refractivity contribution in [1.29, 1.82) is 0 Å². The zero-order valence-corrected chi connectivity index (χ0v) is 53.8. The Morgan fingerprint density at radius 1 is 0.350 bits per heavy atom. The summed E-state index contributed by atoms with van der Waals surface area (Å²) < 4.78 is 5.46. The van der Waals surface area contributed by atoms with E-state index >= 15 is 0 Å². The number of hydrogen-bond donors (Lipinski definition) is 3. The Hall–Kier alpha value is -2.18. The summed E-state index contributed by atoms with van der Waals surface area (Å²) in [6, 6.07) is -0.628. The van der Waals surface area contributed by atoms with Crippen molar-refractivity contribution in [3.8, 4) is 0 Å². The first-order valence-electron chi connectivity index (χ1n) is 35.9. The van der Waals surface area contributed by atoms with Crippen molar-refractivity contribution in [3.05, 3.63) is 48.6 Å². The largest absolute Gasteiger partial charge is 0.466 e. The Morgan fingerprint density at radius 3 is 1.00 bits per heavy atom. The average Bonchev–Trinajstić information content (AvgIpc) is 3.46. The highest BCUT2D eigenvalue weighted by molar-refractivity contribution is 5.76. The molecule has 1 amide bonds. The van der Waals surface area contributed by atoms with Crippen LogP contribution >= 0.6 is 0 Å². The van der Waals surface area contributed by atoms with Gasteiger partial charge in [0, 0.05) is 12.8 Å². The molecule has 0 aromatic heterocycles. The van der Waals surface area contributed by atoms with Crippen molar-refractivity contribution in [2.75, 3.05) is 13.2 Å². The van der Waals surface area contributed by atoms with Crippen LogP contribution in [0, 0.1) is 0 Å². The Morgan fingerprint density at radius 2 is 0.637 bits per heavy atom. The first-order chi connectivity index (χ1) is 39.5. The predicted octanol–water partition coefficient (Wildman–Crippen LogP) is 23.3. The second-order valence-corrected chi connectivity index (χ2v) is 24.6. The lowest BCUT2D eigenvalue weighted by Crippen LogP contribution is -2.45. The fraction of sp³-hybridized carbons (Fsp3) is 0.865. The van der Waals surface area contributed by atoms with Crippen LogP contribution in [0.15, 0.2) is 48.6 Å². The number of unbranched alkanes of at least 4 members (excludes halogenated alkanes) is 50. The summed E-state index contributed by atoms with van der Waals surface area (Å²) in [6.45, 7) is 4.89. The molecule has 470 valence electrons. The van der Waals surface area contributed by atoms with Gasteiger partial charge in [-0.2, -0.15) is 0 Å². The second kappa shape index (κ2) is 69.3. The van der Waals surface area contributed by atoms with Crippen LogP contribution < -0.4 is 5.32 Å². The van der Waals surface area contributed by atoms with Crippen LogP contribution in [-0.2, 0) is 14.3 Å². The molecule has 0 aromatic rings. The normalized spacial score (nSPS) is 12.8. The molecule has 6 nitrogen and oxygen atoms in total. The summed E-state index contributed by atoms with van der Waals surface area (Å²) in [6.07, 6.45) is 90.6. The average molecular weight is 1120 g/mol. The van der Waals surface area contributed by atoms with Gasteiger partial charge in [0.05, 0.1) is 25.4 Å². The number of esters is 1. The molecule has 0 radical (unpaired) electrons. The monoisotopic (exact) mass is 1120 g/mol. The SMILES string of the molecule is CCCC/C=C\CCCCCCCC(=O)OCCCCCCCCCCC/C=C\C/C=C\CCCCCCCCCCCCCCCCCCCC(=O)NC(CO)C(O)/C=C/CCCCCCCCCCCCCCCCCCC. The molecule has 0 fully saturated rings. The number of ether oxygens (including phenoxy) is 1. The van der Waals surface area contributed by atoms with Crippen LogP contribution in [0.5, 0.6) is 0 Å². The van der Waals surface area contributed by atoms with Gasteiger partial charge in [-0.05, 0) is 83.5 Å². The molecular weight excluding hydrogens is 983 g/mol. The zero-order chi connectivity index (χ0) is 57.8. The Labute approximate surface area is 499 Å². The summed E-state index contributed by atoms with van der Waals surface area (Å²) in [5, 5.41) is 23.2. The van der Waals surface area contributed by atoms with Crippen molar-refractivity contribution in [2.45, 2.75) is 398 Å². The molecule has 0 aliphatic carbocycles. The van der Waals surface area contributed by atoms with Crippen molar-refractivity contribution < 1.29 is 24.5 Å². The van der Waals surface area contributed by atoms with E-state index in [1.807, 2.05) is 6.08 Å². The molecule has 0 spiro atoms. The van der Waals surface area contributed by atoms with Gasteiger partial charge < -0.3 is 20.3 Å². The minimum absolute atomic E-state index is 0.00281. The fourth-order valence-corrected chi connectivity index (χ4v) is 11.1. The smallest absolute Gasteiger partial charge is 0.305 e. The molecule has 2 atom stereocenters. The van der Waals surface area contributed by atoms with Crippen LogP contribution in [0.4, 0.5) is 0 Å². The standard InChI is InChI=1S/C74H139NO5/c1-3-5-7-9-11-13-15-16-17-18-34-37-40-43-47-50-54-58-62-66-72(77)71(70-76)75-73(78)67-63-59-55-51-48-44-41-38-35-32-30-28-26-24-22-20-19-21-23-25-27-29-31-33-36-39-42-45-49-53-57-61-65-69-80-74(79)68-64-60-56-52-46-14-12-10-8-6-4-2/h10,12,23,25,29,31,62,66,71-72,76-77H,3-9,11,13-22,24,26-28,30,32-61,63-65,67-70H2,1-2H3,(H,75,78)/b12-10-,25-23-,31-29-,66-62+. The van der Waals surface area contributed by atoms with E-state index in [0.717, 1.165) is 51.4 Å². The van der Waals surface area contributed by atoms with E-state index < -0.39 is 12.1 Å². The number of amides is 1. The quantitative estimate of drug-likeness (QED) is 0.0320. The Balaban J connectivity index is 3.41. The molecule has 0 aliphatic heterocycles. The number of carbonyl (C=O) groups is 2. The predicted molar refractivity (Wildman–Crippen MR) is 352 cm³/mol. The lowest BCUT2D eigenvalue weighted by molar-refractivity contribution is -0.143. The molecule has 0 heterocycles. The van der Waals surface area contributed by atoms with Gasteiger partial charge in [-0.1, -0.05) is 339 Å². The maximum absolute atomic E-state index is 12.5. The van der Waals surface area contributed by atoms with Crippen molar-refractivity contribution in [3.63, 3.8) is 0 Å². The molecule has 0 bridgehead atoms. The molecule has 0 rings (SSSR count). The summed E-state index contributed by atoms with van der Waals surface area (Å²) in [7, 11) is 0. The highest BCUT2D eigenvalue weighted by atomic mass is 16.5. The van der Waals surface area contributed by atoms with Gasteiger partial charge in [-0.15, -0.1) is 0 Å². The second-order valence-electron chi connectivity index (χ2n) is 24.6.